The second kappa shape index (κ2) is 6.42. The summed E-state index contributed by atoms with van der Waals surface area (Å²) in [7, 11) is 0. The number of aliphatic hydroxyl groups excluding tert-OH is 4. The fourth-order valence-corrected chi connectivity index (χ4v) is 1.94. The minimum absolute atomic E-state index is 0.0108. The minimum Gasteiger partial charge on any atom is -0.387 e. The minimum atomic E-state index is -1.52. The number of hydrogen-bond acceptors (Lipinski definition) is 6. The van der Waals surface area contributed by atoms with Gasteiger partial charge in [-0.2, -0.15) is 0 Å². The molecule has 1 aromatic carbocycles. The molecule has 5 atom stereocenters. The first-order valence-electron chi connectivity index (χ1n) is 6.09. The Balaban J connectivity index is 1.82. The molecule has 106 valence electrons. The third kappa shape index (κ3) is 3.50. The highest BCUT2D eigenvalue weighted by atomic mass is 16.6. The first-order valence-corrected chi connectivity index (χ1v) is 6.09. The molecule has 6 nitrogen and oxygen atoms in total. The number of hydrogen-bond donors (Lipinski definition) is 4. The Hall–Kier alpha value is -1.02. The van der Waals surface area contributed by atoms with Crippen LogP contribution in [0.3, 0.4) is 0 Å². The molecule has 1 saturated heterocycles. The normalized spacial score (nSPS) is 35.3. The van der Waals surface area contributed by atoms with Gasteiger partial charge in [0.25, 0.3) is 0 Å². The van der Waals surface area contributed by atoms with E-state index in [1.54, 1.807) is 0 Å². The van der Waals surface area contributed by atoms with Gasteiger partial charge >= 0.3 is 0 Å². The van der Waals surface area contributed by atoms with Crippen LogP contribution in [0.4, 0.5) is 0 Å². The molecule has 0 bridgehead atoms. The topological polar surface area (TPSA) is 99.4 Å². The largest absolute Gasteiger partial charge is 0.387 e. The summed E-state index contributed by atoms with van der Waals surface area (Å²) in [6.45, 7) is 0.346. The predicted octanol–water partition coefficient (Wildman–Crippen LogP) is -0.997. The molecule has 1 fully saturated rings. The van der Waals surface area contributed by atoms with Gasteiger partial charge in [0.1, 0.15) is 24.4 Å². The lowest BCUT2D eigenvalue weighted by Crippen LogP contribution is -2.58. The third-order valence-electron chi connectivity index (χ3n) is 3.08. The molecule has 1 heterocycles. The lowest BCUT2D eigenvalue weighted by atomic mass is 9.99. The van der Waals surface area contributed by atoms with Gasteiger partial charge in [-0.25, -0.2) is 0 Å². The zero-order valence-corrected chi connectivity index (χ0v) is 10.3. The quantitative estimate of drug-likeness (QED) is 0.560. The summed E-state index contributed by atoms with van der Waals surface area (Å²) in [5.74, 6) is 0. The van der Waals surface area contributed by atoms with Crippen molar-refractivity contribution in [2.45, 2.75) is 37.3 Å². The molecular weight excluding hydrogens is 252 g/mol. The molecule has 19 heavy (non-hydrogen) atoms. The predicted molar refractivity (Wildman–Crippen MR) is 65.0 cm³/mol. The van der Waals surface area contributed by atoms with E-state index in [1.165, 1.54) is 0 Å². The number of rotatable bonds is 4. The average Bonchev–Trinajstić information content (AvgIpc) is 2.43. The Bertz CT molecular complexity index is 384. The highest BCUT2D eigenvalue weighted by Crippen LogP contribution is 2.20. The molecule has 1 aromatic rings. The van der Waals surface area contributed by atoms with Crippen LogP contribution in [0.15, 0.2) is 30.3 Å². The van der Waals surface area contributed by atoms with Crippen LogP contribution in [0, 0.1) is 0 Å². The number of ether oxygens (including phenoxy) is 2. The van der Waals surface area contributed by atoms with Crippen molar-refractivity contribution in [3.63, 3.8) is 0 Å². The van der Waals surface area contributed by atoms with E-state index in [0.29, 0.717) is 6.61 Å². The molecule has 0 aromatic heterocycles. The summed E-state index contributed by atoms with van der Waals surface area (Å²) in [4.78, 5) is 0. The van der Waals surface area contributed by atoms with Crippen molar-refractivity contribution in [3.05, 3.63) is 35.9 Å². The summed E-state index contributed by atoms with van der Waals surface area (Å²) in [6, 6.07) is 9.45. The second-order valence-electron chi connectivity index (χ2n) is 4.54. The van der Waals surface area contributed by atoms with Crippen molar-refractivity contribution in [3.8, 4) is 0 Å². The van der Waals surface area contributed by atoms with Crippen molar-refractivity contribution in [2.75, 3.05) is 6.61 Å². The van der Waals surface area contributed by atoms with E-state index in [-0.39, 0.29) is 6.61 Å². The highest BCUT2D eigenvalue weighted by Gasteiger charge is 2.42. The van der Waals surface area contributed by atoms with E-state index in [1.807, 2.05) is 30.3 Å². The Morgan fingerprint density at radius 3 is 2.32 bits per heavy atom. The van der Waals surface area contributed by atoms with Crippen LogP contribution in [0.5, 0.6) is 0 Å². The van der Waals surface area contributed by atoms with Gasteiger partial charge in [0, 0.05) is 0 Å². The maximum absolute atomic E-state index is 9.70. The third-order valence-corrected chi connectivity index (χ3v) is 3.08. The van der Waals surface area contributed by atoms with E-state index in [4.69, 9.17) is 9.47 Å². The van der Waals surface area contributed by atoms with Crippen molar-refractivity contribution in [1.82, 2.24) is 0 Å². The molecule has 1 aliphatic heterocycles. The Morgan fingerprint density at radius 2 is 1.63 bits per heavy atom. The molecule has 2 rings (SSSR count). The summed E-state index contributed by atoms with van der Waals surface area (Å²) in [5.41, 5.74) is 0.967. The molecule has 0 amide bonds. The van der Waals surface area contributed by atoms with Crippen LogP contribution in [0.25, 0.3) is 0 Å². The molecular formula is C13H18O6. The van der Waals surface area contributed by atoms with Gasteiger partial charge in [-0.3, -0.25) is 0 Å². The SMILES string of the molecule is OC1O[C@@H](COCc2ccccc2)[C@@H](O)[C@@H](O)[C@@H]1O. The van der Waals surface area contributed by atoms with Gasteiger partial charge in [-0.15, -0.1) is 0 Å². The van der Waals surface area contributed by atoms with E-state index >= 15 is 0 Å². The standard InChI is InChI=1S/C13H18O6/c14-10-9(19-13(17)12(16)11(10)15)7-18-6-8-4-2-1-3-5-8/h1-5,9-17H,6-7H2/t9-,10+,11+,12-,13?/m0/s1. The van der Waals surface area contributed by atoms with Crippen LogP contribution in [0.2, 0.25) is 0 Å². The molecule has 0 saturated carbocycles. The van der Waals surface area contributed by atoms with Gasteiger partial charge in [0.2, 0.25) is 0 Å². The molecule has 6 heteroatoms. The lowest BCUT2D eigenvalue weighted by Gasteiger charge is -2.38. The molecule has 0 spiro atoms. The highest BCUT2D eigenvalue weighted by molar-refractivity contribution is 5.13. The second-order valence-corrected chi connectivity index (χ2v) is 4.54. The smallest absolute Gasteiger partial charge is 0.184 e. The Labute approximate surface area is 110 Å². The summed E-state index contributed by atoms with van der Waals surface area (Å²) < 4.78 is 10.4. The molecule has 4 N–H and O–H groups in total. The number of aliphatic hydroxyl groups is 4. The zero-order valence-electron chi connectivity index (χ0n) is 10.3. The van der Waals surface area contributed by atoms with Gasteiger partial charge in [0.15, 0.2) is 6.29 Å². The van der Waals surface area contributed by atoms with Crippen molar-refractivity contribution in [2.24, 2.45) is 0 Å². The van der Waals surface area contributed by atoms with Crippen molar-refractivity contribution < 1.29 is 29.9 Å². The zero-order chi connectivity index (χ0) is 13.8. The van der Waals surface area contributed by atoms with Gasteiger partial charge < -0.3 is 29.9 Å². The van der Waals surface area contributed by atoms with Crippen LogP contribution in [-0.4, -0.2) is 57.7 Å². The number of benzene rings is 1. The van der Waals surface area contributed by atoms with Gasteiger partial charge in [-0.1, -0.05) is 30.3 Å². The van der Waals surface area contributed by atoms with Gasteiger partial charge in [0.05, 0.1) is 13.2 Å². The monoisotopic (exact) mass is 270 g/mol. The van der Waals surface area contributed by atoms with E-state index in [0.717, 1.165) is 5.56 Å². The summed E-state index contributed by atoms with van der Waals surface area (Å²) in [6.07, 6.45) is -6.66. The first-order chi connectivity index (χ1) is 9.09. The fraction of sp³-hybridized carbons (Fsp3) is 0.538. The maximum atomic E-state index is 9.70. The van der Waals surface area contributed by atoms with Crippen molar-refractivity contribution in [1.29, 1.82) is 0 Å². The van der Waals surface area contributed by atoms with Crippen LogP contribution >= 0.6 is 0 Å². The van der Waals surface area contributed by atoms with Crippen LogP contribution in [0.1, 0.15) is 5.56 Å². The molecule has 1 unspecified atom stereocenters. The van der Waals surface area contributed by atoms with E-state index in [9.17, 15) is 20.4 Å². The maximum Gasteiger partial charge on any atom is 0.184 e. The molecule has 1 aliphatic rings. The molecule has 0 radical (unpaired) electrons. The summed E-state index contributed by atoms with van der Waals surface area (Å²) >= 11 is 0. The first kappa shape index (κ1) is 14.4. The van der Waals surface area contributed by atoms with Crippen LogP contribution < -0.4 is 0 Å². The lowest BCUT2D eigenvalue weighted by molar-refractivity contribution is -0.289. The van der Waals surface area contributed by atoms with E-state index in [2.05, 4.69) is 0 Å². The van der Waals surface area contributed by atoms with Gasteiger partial charge in [-0.05, 0) is 5.56 Å². The van der Waals surface area contributed by atoms with E-state index < -0.39 is 30.7 Å². The van der Waals surface area contributed by atoms with Crippen molar-refractivity contribution >= 4 is 0 Å². The fourth-order valence-electron chi connectivity index (χ4n) is 1.94. The van der Waals surface area contributed by atoms with Crippen LogP contribution in [-0.2, 0) is 16.1 Å². The Morgan fingerprint density at radius 1 is 0.947 bits per heavy atom. The summed E-state index contributed by atoms with van der Waals surface area (Å²) in [5, 5.41) is 37.9. The average molecular weight is 270 g/mol. The Kier molecular flexibility index (Phi) is 4.87. The molecule has 0 aliphatic carbocycles.